The number of rotatable bonds is 4. The Morgan fingerprint density at radius 2 is 2.08 bits per heavy atom. The van der Waals surface area contributed by atoms with Gasteiger partial charge in [-0.2, -0.15) is 0 Å². The molecule has 0 rings (SSSR count). The van der Waals surface area contributed by atoms with Crippen molar-refractivity contribution in [2.75, 3.05) is 6.23 Å². The Hall–Kier alpha value is -0.393. The molecule has 72 valence electrons. The van der Waals surface area contributed by atoms with Crippen molar-refractivity contribution in [3.63, 3.8) is 0 Å². The van der Waals surface area contributed by atoms with Gasteiger partial charge in [-0.1, -0.05) is 13.8 Å². The maximum absolute atomic E-state index is 11.0. The molecule has 0 amide bonds. The van der Waals surface area contributed by atoms with Gasteiger partial charge in [-0.3, -0.25) is 4.79 Å². The second-order valence-electron chi connectivity index (χ2n) is 3.13. The third kappa shape index (κ3) is 5.28. The van der Waals surface area contributed by atoms with Gasteiger partial charge in [0.05, 0.1) is 5.92 Å². The Balaban J connectivity index is 3.72. The molecule has 0 aliphatic carbocycles. The maximum atomic E-state index is 11.0. The van der Waals surface area contributed by atoms with Crippen molar-refractivity contribution in [3.05, 3.63) is 0 Å². The molecular weight excluding hydrogens is 176 g/mol. The quantitative estimate of drug-likeness (QED) is 0.492. The van der Waals surface area contributed by atoms with E-state index in [1.54, 1.807) is 6.92 Å². The highest BCUT2D eigenvalue weighted by Crippen LogP contribution is 2.04. The van der Waals surface area contributed by atoms with Crippen LogP contribution in [0.5, 0.6) is 0 Å². The van der Waals surface area contributed by atoms with Crippen LogP contribution in [0.25, 0.3) is 0 Å². The van der Waals surface area contributed by atoms with Crippen LogP contribution in [0.1, 0.15) is 20.3 Å². The van der Waals surface area contributed by atoms with E-state index in [1.807, 2.05) is 6.92 Å². The summed E-state index contributed by atoms with van der Waals surface area (Å²) in [7, 11) is -3.22. The summed E-state index contributed by atoms with van der Waals surface area (Å²) >= 11 is 0. The predicted octanol–water partition coefficient (Wildman–Crippen LogP) is 0.172. The number of carbonyl (C=O) groups is 1. The Labute approximate surface area is 73.4 Å². The lowest BCUT2D eigenvalue weighted by molar-refractivity contribution is -0.146. The van der Waals surface area contributed by atoms with E-state index in [0.29, 0.717) is 6.42 Å². The van der Waals surface area contributed by atoms with Crippen LogP contribution >= 0.6 is 0 Å². The first kappa shape index (κ1) is 11.6. The van der Waals surface area contributed by atoms with Gasteiger partial charge in [-0.25, -0.2) is 0 Å². The van der Waals surface area contributed by atoms with Gasteiger partial charge < -0.3 is 14.3 Å². The monoisotopic (exact) mass is 192 g/mol. The van der Waals surface area contributed by atoms with Crippen LogP contribution in [0.3, 0.4) is 0 Å². The number of hydrogen-bond acceptors (Lipinski definition) is 4. The minimum Gasteiger partial charge on any atom is -0.464 e. The second kappa shape index (κ2) is 4.59. The van der Waals surface area contributed by atoms with Gasteiger partial charge in [0.25, 0.3) is 0 Å². The summed E-state index contributed by atoms with van der Waals surface area (Å²) in [5, 5.41) is 0. The Kier molecular flexibility index (Phi) is 4.44. The molecule has 0 aliphatic rings. The molecule has 2 N–H and O–H groups in total. The molecule has 0 aromatic rings. The summed E-state index contributed by atoms with van der Waals surface area (Å²) in [5.74, 6) is -0.527. The van der Waals surface area contributed by atoms with Gasteiger partial charge in [0.2, 0.25) is 0 Å². The maximum Gasteiger partial charge on any atom is 0.368 e. The SMILES string of the molecule is CCC(C)C(=O)OC[Si](C)(O)O. The largest absolute Gasteiger partial charge is 0.464 e. The third-order valence-electron chi connectivity index (χ3n) is 1.50. The predicted molar refractivity (Wildman–Crippen MR) is 46.5 cm³/mol. The molecule has 4 nitrogen and oxygen atoms in total. The molecule has 0 aromatic carbocycles. The lowest BCUT2D eigenvalue weighted by Gasteiger charge is -2.14. The van der Waals surface area contributed by atoms with Crippen molar-refractivity contribution in [3.8, 4) is 0 Å². The molecule has 1 atom stereocenters. The summed E-state index contributed by atoms with van der Waals surface area (Å²) in [6.45, 7) is 4.92. The first-order valence-electron chi connectivity index (χ1n) is 3.98. The van der Waals surface area contributed by atoms with Crippen LogP contribution in [0.4, 0.5) is 0 Å². The van der Waals surface area contributed by atoms with Crippen LogP contribution in [0.15, 0.2) is 0 Å². The standard InChI is InChI=1S/C7H16O4Si/c1-4-6(2)7(8)11-5-12(3,9)10/h6,9-10H,4-5H2,1-3H3. The molecule has 5 heteroatoms. The highest BCUT2D eigenvalue weighted by molar-refractivity contribution is 6.63. The van der Waals surface area contributed by atoms with Crippen LogP contribution in [0.2, 0.25) is 6.55 Å². The molecule has 0 spiro atoms. The molecule has 1 unspecified atom stereocenters. The fourth-order valence-corrected chi connectivity index (χ4v) is 0.932. The molecule has 0 bridgehead atoms. The number of esters is 1. The van der Waals surface area contributed by atoms with E-state index in [4.69, 9.17) is 9.59 Å². The first-order chi connectivity index (χ1) is 5.37. The first-order valence-corrected chi connectivity index (χ1v) is 6.58. The van der Waals surface area contributed by atoms with Gasteiger partial charge in [0, 0.05) is 0 Å². The average molecular weight is 192 g/mol. The topological polar surface area (TPSA) is 66.8 Å². The zero-order valence-corrected chi connectivity index (χ0v) is 8.70. The molecule has 0 radical (unpaired) electrons. The zero-order chi connectivity index (χ0) is 9.78. The van der Waals surface area contributed by atoms with Crippen LogP contribution in [-0.4, -0.2) is 30.4 Å². The Bertz CT molecular complexity index is 152. The van der Waals surface area contributed by atoms with E-state index in [2.05, 4.69) is 4.74 Å². The Morgan fingerprint density at radius 3 is 2.42 bits per heavy atom. The minimum atomic E-state index is -3.22. The van der Waals surface area contributed by atoms with Crippen LogP contribution < -0.4 is 0 Å². The van der Waals surface area contributed by atoms with Crippen molar-refractivity contribution in [1.29, 1.82) is 0 Å². The summed E-state index contributed by atoms with van der Waals surface area (Å²) in [6, 6.07) is 0. The Morgan fingerprint density at radius 1 is 1.58 bits per heavy atom. The zero-order valence-electron chi connectivity index (χ0n) is 7.70. The van der Waals surface area contributed by atoms with Crippen molar-refractivity contribution in [1.82, 2.24) is 0 Å². The van der Waals surface area contributed by atoms with E-state index in [-0.39, 0.29) is 18.1 Å². The molecule has 0 heterocycles. The number of hydrogen-bond donors (Lipinski definition) is 2. The highest BCUT2D eigenvalue weighted by Gasteiger charge is 2.25. The second-order valence-corrected chi connectivity index (χ2v) is 5.86. The lowest BCUT2D eigenvalue weighted by Crippen LogP contribution is -2.38. The smallest absolute Gasteiger partial charge is 0.368 e. The minimum absolute atomic E-state index is 0.165. The van der Waals surface area contributed by atoms with Crippen molar-refractivity contribution in [2.24, 2.45) is 5.92 Å². The molecule has 0 aromatic heterocycles. The molecule has 0 fully saturated rings. The van der Waals surface area contributed by atoms with Gasteiger partial charge >= 0.3 is 14.5 Å². The van der Waals surface area contributed by atoms with Gasteiger partial charge in [-0.15, -0.1) is 0 Å². The van der Waals surface area contributed by atoms with E-state index in [9.17, 15) is 4.79 Å². The van der Waals surface area contributed by atoms with E-state index in [0.717, 1.165) is 0 Å². The summed E-state index contributed by atoms with van der Waals surface area (Å²) in [5.41, 5.74) is 0. The molecular formula is C7H16O4Si. The van der Waals surface area contributed by atoms with Gasteiger partial charge in [-0.05, 0) is 13.0 Å². The van der Waals surface area contributed by atoms with E-state index < -0.39 is 8.56 Å². The third-order valence-corrected chi connectivity index (χ3v) is 2.19. The molecule has 0 saturated heterocycles. The lowest BCUT2D eigenvalue weighted by atomic mass is 10.1. The fourth-order valence-electron chi connectivity index (χ4n) is 0.517. The van der Waals surface area contributed by atoms with Crippen molar-refractivity contribution < 1.29 is 19.1 Å². The highest BCUT2D eigenvalue weighted by atomic mass is 28.4. The van der Waals surface area contributed by atoms with E-state index >= 15 is 0 Å². The summed E-state index contributed by atoms with van der Waals surface area (Å²) in [4.78, 5) is 28.9. The summed E-state index contributed by atoms with van der Waals surface area (Å²) in [6.07, 6.45) is 0.462. The molecule has 12 heavy (non-hydrogen) atoms. The fraction of sp³-hybridized carbons (Fsp3) is 0.857. The van der Waals surface area contributed by atoms with E-state index in [1.165, 1.54) is 6.55 Å². The number of ether oxygens (including phenoxy) is 1. The summed E-state index contributed by atoms with van der Waals surface area (Å²) < 4.78 is 4.68. The number of carbonyl (C=O) groups excluding carboxylic acids is 1. The average Bonchev–Trinajstić information content (AvgIpc) is 1.97. The van der Waals surface area contributed by atoms with Crippen LogP contribution in [0, 0.1) is 5.92 Å². The van der Waals surface area contributed by atoms with Crippen LogP contribution in [-0.2, 0) is 9.53 Å². The molecule has 0 saturated carbocycles. The normalized spacial score (nSPS) is 14.1. The van der Waals surface area contributed by atoms with Gasteiger partial charge in [0.15, 0.2) is 0 Å². The van der Waals surface area contributed by atoms with Gasteiger partial charge in [0.1, 0.15) is 6.23 Å². The molecule has 0 aliphatic heterocycles. The van der Waals surface area contributed by atoms with Crippen molar-refractivity contribution >= 4 is 14.5 Å². The van der Waals surface area contributed by atoms with Crippen molar-refractivity contribution in [2.45, 2.75) is 26.8 Å².